The molecule has 0 amide bonds. The van der Waals surface area contributed by atoms with E-state index < -0.39 is 97.5 Å². The third-order valence-corrected chi connectivity index (χ3v) is 19.7. The van der Waals surface area contributed by atoms with Crippen LogP contribution in [0, 0.1) is 23.7 Å². The number of phosphoric acid groups is 2. The molecule has 0 rings (SSSR count). The number of carbonyl (C=O) groups excluding carboxylic acids is 4. The molecule has 570 valence electrons. The van der Waals surface area contributed by atoms with Crippen LogP contribution in [0.2, 0.25) is 0 Å². The third kappa shape index (κ3) is 70.5. The van der Waals surface area contributed by atoms with Crippen molar-refractivity contribution in [3.8, 4) is 0 Å². The van der Waals surface area contributed by atoms with Gasteiger partial charge in [-0.05, 0) is 49.4 Å². The van der Waals surface area contributed by atoms with E-state index in [0.717, 1.165) is 114 Å². The van der Waals surface area contributed by atoms with E-state index in [9.17, 15) is 43.2 Å². The van der Waals surface area contributed by atoms with Crippen LogP contribution in [-0.4, -0.2) is 96.7 Å². The highest BCUT2D eigenvalue weighted by atomic mass is 31.2. The molecule has 0 aromatic heterocycles. The highest BCUT2D eigenvalue weighted by Gasteiger charge is 2.30. The van der Waals surface area contributed by atoms with Crippen molar-refractivity contribution in [1.82, 2.24) is 0 Å². The maximum absolute atomic E-state index is 13.1. The van der Waals surface area contributed by atoms with Gasteiger partial charge in [0.2, 0.25) is 0 Å². The zero-order chi connectivity index (χ0) is 71.0. The van der Waals surface area contributed by atoms with Crippen molar-refractivity contribution in [3.63, 3.8) is 0 Å². The molecule has 0 radical (unpaired) electrons. The summed E-state index contributed by atoms with van der Waals surface area (Å²) in [4.78, 5) is 72.8. The number of phosphoric ester groups is 2. The minimum Gasteiger partial charge on any atom is -0.462 e. The van der Waals surface area contributed by atoms with E-state index in [1.54, 1.807) is 0 Å². The molecule has 0 aliphatic carbocycles. The van der Waals surface area contributed by atoms with E-state index >= 15 is 0 Å². The topological polar surface area (TPSA) is 237 Å². The normalized spacial score (nSPS) is 14.1. The summed E-state index contributed by atoms with van der Waals surface area (Å²) in [6.07, 6.45) is 51.4. The molecule has 0 aromatic carbocycles. The summed E-state index contributed by atoms with van der Waals surface area (Å²) in [5, 5.41) is 10.6. The maximum Gasteiger partial charge on any atom is 0.472 e. The lowest BCUT2D eigenvalue weighted by atomic mass is 10.0. The predicted octanol–water partition coefficient (Wildman–Crippen LogP) is 22.4. The Labute approximate surface area is 588 Å². The fourth-order valence-corrected chi connectivity index (χ4v) is 13.3. The van der Waals surface area contributed by atoms with E-state index in [1.165, 1.54) is 186 Å². The highest BCUT2D eigenvalue weighted by Crippen LogP contribution is 2.45. The molecule has 0 saturated carbocycles. The van der Waals surface area contributed by atoms with E-state index in [-0.39, 0.29) is 25.7 Å². The number of hydrogen-bond acceptors (Lipinski definition) is 15. The Kier molecular flexibility index (Phi) is 65.0. The lowest BCUT2D eigenvalue weighted by Gasteiger charge is -2.21. The first kappa shape index (κ1) is 94.1. The summed E-state index contributed by atoms with van der Waals surface area (Å²) in [7, 11) is -9.91. The standard InChI is InChI=1S/C77H150O17P2/c1-67(2)53-45-37-29-23-17-11-9-10-12-21-27-33-43-51-59-77(82)94-73(64-88-75(80)58-50-42-36-35-40-48-56-70(7)8)66-92-96(85,86)90-62-71(78)61-89-95(83,84)91-65-72(93-76(81)60-52-44-34-28-22-16-14-19-25-31-39-47-55-69(5)6)63-87-74(79)57-49-41-32-26-20-15-13-18-24-30-38-46-54-68(3)4/h67-73,78H,9-66H2,1-8H3,(H,83,84)(H,85,86)/t71?,72-,73-/m1/s1. The van der Waals surface area contributed by atoms with Crippen LogP contribution in [-0.2, 0) is 65.4 Å². The SMILES string of the molecule is CC(C)CCCCCCCCCCCCCCCCC(=O)O[C@H](COC(=O)CCCCCCCCC(C)C)COP(=O)(O)OCC(O)COP(=O)(O)OC[C@@H](COC(=O)CCCCCCCCCCCCCCC(C)C)OC(=O)CCCCCCCCCCCCCCC(C)C. The van der Waals surface area contributed by atoms with Gasteiger partial charge in [-0.1, -0.05) is 338 Å². The molecule has 0 saturated heterocycles. The Balaban J connectivity index is 5.23. The van der Waals surface area contributed by atoms with Crippen molar-refractivity contribution >= 4 is 39.5 Å². The minimum absolute atomic E-state index is 0.106. The average molecular weight is 1410 g/mol. The average Bonchev–Trinajstić information content (AvgIpc) is 1.16. The fraction of sp³-hybridized carbons (Fsp3) is 0.948. The van der Waals surface area contributed by atoms with Gasteiger partial charge in [0.25, 0.3) is 0 Å². The number of aliphatic hydroxyl groups is 1. The molecule has 0 aliphatic heterocycles. The first-order valence-corrected chi connectivity index (χ1v) is 42.7. The van der Waals surface area contributed by atoms with Gasteiger partial charge in [-0.3, -0.25) is 37.3 Å². The molecule has 3 unspecified atom stereocenters. The lowest BCUT2D eigenvalue weighted by Crippen LogP contribution is -2.30. The van der Waals surface area contributed by atoms with Gasteiger partial charge in [0.05, 0.1) is 26.4 Å². The second kappa shape index (κ2) is 66.3. The number of esters is 4. The molecule has 19 heteroatoms. The van der Waals surface area contributed by atoms with Crippen LogP contribution in [0.4, 0.5) is 0 Å². The zero-order valence-corrected chi connectivity index (χ0v) is 64.8. The summed E-state index contributed by atoms with van der Waals surface area (Å²) >= 11 is 0. The maximum atomic E-state index is 13.1. The molecule has 0 aliphatic rings. The molecular formula is C77H150O17P2. The van der Waals surface area contributed by atoms with Gasteiger partial charge in [-0.25, -0.2) is 9.13 Å². The van der Waals surface area contributed by atoms with Gasteiger partial charge in [0.15, 0.2) is 12.2 Å². The summed E-state index contributed by atoms with van der Waals surface area (Å²) in [5.41, 5.74) is 0. The molecule has 0 spiro atoms. The lowest BCUT2D eigenvalue weighted by molar-refractivity contribution is -0.161. The number of aliphatic hydroxyl groups excluding tert-OH is 1. The number of unbranched alkanes of at least 4 members (excludes halogenated alkanes) is 40. The Morgan fingerprint density at radius 2 is 0.438 bits per heavy atom. The van der Waals surface area contributed by atoms with Crippen molar-refractivity contribution in [2.45, 2.75) is 408 Å². The first-order chi connectivity index (χ1) is 46.1. The van der Waals surface area contributed by atoms with Crippen LogP contribution in [0.3, 0.4) is 0 Å². The number of ether oxygens (including phenoxy) is 4. The summed E-state index contributed by atoms with van der Waals surface area (Å²) in [6, 6.07) is 0. The van der Waals surface area contributed by atoms with Crippen molar-refractivity contribution in [2.75, 3.05) is 39.6 Å². The monoisotopic (exact) mass is 1410 g/mol. The van der Waals surface area contributed by atoms with Crippen LogP contribution in [0.25, 0.3) is 0 Å². The van der Waals surface area contributed by atoms with Crippen molar-refractivity contribution in [3.05, 3.63) is 0 Å². The number of hydrogen-bond donors (Lipinski definition) is 3. The van der Waals surface area contributed by atoms with E-state index in [0.29, 0.717) is 31.6 Å². The van der Waals surface area contributed by atoms with Crippen LogP contribution in [0.5, 0.6) is 0 Å². The van der Waals surface area contributed by atoms with Crippen LogP contribution in [0.1, 0.15) is 389 Å². The van der Waals surface area contributed by atoms with Gasteiger partial charge < -0.3 is 33.8 Å². The van der Waals surface area contributed by atoms with Gasteiger partial charge in [0, 0.05) is 25.7 Å². The smallest absolute Gasteiger partial charge is 0.462 e. The van der Waals surface area contributed by atoms with Gasteiger partial charge >= 0.3 is 39.5 Å². The second-order valence-electron chi connectivity index (χ2n) is 29.7. The van der Waals surface area contributed by atoms with E-state index in [2.05, 4.69) is 55.4 Å². The van der Waals surface area contributed by atoms with Crippen molar-refractivity contribution in [1.29, 1.82) is 0 Å². The predicted molar refractivity (Wildman–Crippen MR) is 391 cm³/mol. The Bertz CT molecular complexity index is 1880. The summed E-state index contributed by atoms with van der Waals surface area (Å²) < 4.78 is 68.6. The molecule has 0 fully saturated rings. The van der Waals surface area contributed by atoms with E-state index in [1.807, 2.05) is 0 Å². The minimum atomic E-state index is -4.96. The Morgan fingerprint density at radius 1 is 0.260 bits per heavy atom. The molecule has 5 atom stereocenters. The first-order valence-electron chi connectivity index (χ1n) is 39.7. The summed E-state index contributed by atoms with van der Waals surface area (Å²) in [6.45, 7) is 14.2. The highest BCUT2D eigenvalue weighted by molar-refractivity contribution is 7.47. The van der Waals surface area contributed by atoms with Crippen molar-refractivity contribution in [2.24, 2.45) is 23.7 Å². The molecule has 0 aromatic rings. The number of rotatable bonds is 74. The largest absolute Gasteiger partial charge is 0.472 e. The molecule has 17 nitrogen and oxygen atoms in total. The Hall–Kier alpha value is -1.94. The van der Waals surface area contributed by atoms with Crippen molar-refractivity contribution < 1.29 is 80.2 Å². The molecule has 96 heavy (non-hydrogen) atoms. The fourth-order valence-electron chi connectivity index (χ4n) is 11.7. The van der Waals surface area contributed by atoms with Gasteiger partial charge in [-0.15, -0.1) is 0 Å². The molecule has 0 heterocycles. The van der Waals surface area contributed by atoms with E-state index in [4.69, 9.17) is 37.0 Å². The van der Waals surface area contributed by atoms with Gasteiger partial charge in [0.1, 0.15) is 19.3 Å². The van der Waals surface area contributed by atoms with Crippen LogP contribution >= 0.6 is 15.6 Å². The number of carbonyl (C=O) groups is 4. The van der Waals surface area contributed by atoms with Crippen LogP contribution < -0.4 is 0 Å². The zero-order valence-electron chi connectivity index (χ0n) is 63.0. The molecule has 3 N–H and O–H groups in total. The third-order valence-electron chi connectivity index (χ3n) is 17.8. The molecule has 0 bridgehead atoms. The Morgan fingerprint density at radius 3 is 0.646 bits per heavy atom. The van der Waals surface area contributed by atoms with Gasteiger partial charge in [-0.2, -0.15) is 0 Å². The quantitative estimate of drug-likeness (QED) is 0.0222. The molecular weight excluding hydrogens is 1260 g/mol. The van der Waals surface area contributed by atoms with Crippen LogP contribution in [0.15, 0.2) is 0 Å². The summed E-state index contributed by atoms with van der Waals surface area (Å²) in [5.74, 6) is 0.913. The second-order valence-corrected chi connectivity index (χ2v) is 32.6.